The molecule has 32 heavy (non-hydrogen) atoms. The summed E-state index contributed by atoms with van der Waals surface area (Å²) in [5.74, 6) is -1.25. The van der Waals surface area contributed by atoms with Crippen LogP contribution in [0.5, 0.6) is 0 Å². The van der Waals surface area contributed by atoms with Crippen molar-refractivity contribution < 1.29 is 14.4 Å². The highest BCUT2D eigenvalue weighted by Gasteiger charge is 2.38. The fraction of sp³-hybridized carbons (Fsp3) is 0.0800. The lowest BCUT2D eigenvalue weighted by molar-refractivity contribution is 0.0923. The van der Waals surface area contributed by atoms with Crippen molar-refractivity contribution in [3.05, 3.63) is 101 Å². The number of carbonyl (C=O) groups excluding carboxylic acids is 3. The van der Waals surface area contributed by atoms with Gasteiger partial charge in [0, 0.05) is 30.4 Å². The van der Waals surface area contributed by atoms with Gasteiger partial charge in [-0.05, 0) is 47.9 Å². The summed E-state index contributed by atoms with van der Waals surface area (Å²) in [6.07, 6.45) is 1.99. The Morgan fingerprint density at radius 1 is 0.875 bits per heavy atom. The fourth-order valence-corrected chi connectivity index (χ4v) is 4.18. The number of carbonyl (C=O) groups is 3. The molecule has 5 rings (SSSR count). The zero-order chi connectivity index (χ0) is 22.2. The Morgan fingerprint density at radius 2 is 1.62 bits per heavy atom. The number of benzene rings is 3. The van der Waals surface area contributed by atoms with Gasteiger partial charge in [-0.25, -0.2) is 4.90 Å². The lowest BCUT2D eigenvalue weighted by Gasteiger charge is -2.15. The maximum absolute atomic E-state index is 12.9. The third kappa shape index (κ3) is 3.35. The molecule has 0 radical (unpaired) electrons. The van der Waals surface area contributed by atoms with E-state index in [2.05, 4.69) is 9.88 Å². The first-order valence-electron chi connectivity index (χ1n) is 10.1. The molecule has 1 aromatic heterocycles. The number of halogens is 1. The number of nitrogens with one attached hydrogen (secondary N) is 1. The van der Waals surface area contributed by atoms with E-state index in [1.807, 2.05) is 36.5 Å². The van der Waals surface area contributed by atoms with Crippen molar-refractivity contribution >= 4 is 45.9 Å². The van der Waals surface area contributed by atoms with Gasteiger partial charge in [0.25, 0.3) is 17.7 Å². The van der Waals surface area contributed by atoms with Crippen LogP contribution in [-0.2, 0) is 6.54 Å². The van der Waals surface area contributed by atoms with Gasteiger partial charge in [-0.2, -0.15) is 0 Å². The Kier molecular flexibility index (Phi) is 4.99. The predicted molar refractivity (Wildman–Crippen MR) is 123 cm³/mol. The molecule has 2 heterocycles. The van der Waals surface area contributed by atoms with E-state index < -0.39 is 11.8 Å². The molecule has 0 saturated carbocycles. The molecule has 0 fully saturated rings. The van der Waals surface area contributed by atoms with Crippen molar-refractivity contribution in [3.63, 3.8) is 0 Å². The quantitative estimate of drug-likeness (QED) is 0.461. The maximum Gasteiger partial charge on any atom is 0.266 e. The third-order valence-electron chi connectivity index (χ3n) is 5.56. The molecule has 4 aromatic rings. The fourth-order valence-electron chi connectivity index (χ4n) is 3.96. The number of rotatable bonds is 5. The Balaban J connectivity index is 1.31. The topological polar surface area (TPSA) is 71.4 Å². The summed E-state index contributed by atoms with van der Waals surface area (Å²) in [5.41, 5.74) is 2.20. The van der Waals surface area contributed by atoms with Crippen LogP contribution in [0.15, 0.2) is 79.0 Å². The number of hydrogen-bond acceptors (Lipinski definition) is 3. The highest BCUT2D eigenvalue weighted by molar-refractivity contribution is 6.39. The van der Waals surface area contributed by atoms with Crippen molar-refractivity contribution in [2.24, 2.45) is 0 Å². The summed E-state index contributed by atoms with van der Waals surface area (Å²) in [4.78, 5) is 39.5. The largest absolute Gasteiger partial charge is 0.350 e. The first kappa shape index (κ1) is 20.0. The summed E-state index contributed by atoms with van der Waals surface area (Å²) < 4.78 is 2.07. The van der Waals surface area contributed by atoms with Crippen LogP contribution in [0.1, 0.15) is 31.1 Å². The van der Waals surface area contributed by atoms with E-state index in [-0.39, 0.29) is 17.0 Å². The minimum atomic E-state index is -0.494. The number of fused-ring (bicyclic) bond motifs is 2. The number of imide groups is 1. The summed E-state index contributed by atoms with van der Waals surface area (Å²) in [7, 11) is 0. The molecule has 0 aliphatic carbocycles. The predicted octanol–water partition coefficient (Wildman–Crippen LogP) is 4.53. The van der Waals surface area contributed by atoms with Gasteiger partial charge in [0.1, 0.15) is 0 Å². The molecule has 3 amide bonds. The zero-order valence-electron chi connectivity index (χ0n) is 16.9. The smallest absolute Gasteiger partial charge is 0.266 e. The van der Waals surface area contributed by atoms with Crippen LogP contribution in [0.25, 0.3) is 10.9 Å². The second kappa shape index (κ2) is 7.98. The summed E-state index contributed by atoms with van der Waals surface area (Å²) >= 11 is 6.18. The first-order valence-corrected chi connectivity index (χ1v) is 10.5. The van der Waals surface area contributed by atoms with Crippen LogP contribution in [0.3, 0.4) is 0 Å². The van der Waals surface area contributed by atoms with Crippen LogP contribution in [-0.4, -0.2) is 28.8 Å². The van der Waals surface area contributed by atoms with E-state index >= 15 is 0 Å². The van der Waals surface area contributed by atoms with Gasteiger partial charge in [-0.15, -0.1) is 0 Å². The lowest BCUT2D eigenvalue weighted by Crippen LogP contribution is -2.29. The van der Waals surface area contributed by atoms with Gasteiger partial charge in [-0.3, -0.25) is 14.4 Å². The molecule has 0 unspecified atom stereocenters. The number of nitrogens with zero attached hydrogens (tertiary/aromatic N) is 2. The van der Waals surface area contributed by atoms with Gasteiger partial charge in [-0.1, -0.05) is 41.9 Å². The van der Waals surface area contributed by atoms with Crippen molar-refractivity contribution in [1.82, 2.24) is 9.88 Å². The van der Waals surface area contributed by atoms with Gasteiger partial charge >= 0.3 is 0 Å². The molecule has 3 aromatic carbocycles. The van der Waals surface area contributed by atoms with Crippen LogP contribution in [0.2, 0.25) is 5.02 Å². The minimum Gasteiger partial charge on any atom is -0.350 e. The van der Waals surface area contributed by atoms with Crippen LogP contribution >= 0.6 is 11.6 Å². The Hall–Kier alpha value is -3.90. The Morgan fingerprint density at radius 3 is 2.47 bits per heavy atom. The molecule has 7 heteroatoms. The van der Waals surface area contributed by atoms with Crippen LogP contribution in [0.4, 0.5) is 5.69 Å². The van der Waals surface area contributed by atoms with E-state index in [1.165, 1.54) is 12.1 Å². The molecular weight excluding hydrogens is 426 g/mol. The highest BCUT2D eigenvalue weighted by atomic mass is 35.5. The SMILES string of the molecule is O=C(NCCn1ccc2ccccc21)c1ccc2c(c1)C(=O)N(c1ccccc1Cl)C2=O. The van der Waals surface area contributed by atoms with E-state index in [9.17, 15) is 14.4 Å². The van der Waals surface area contributed by atoms with Gasteiger partial charge in [0.2, 0.25) is 0 Å². The highest BCUT2D eigenvalue weighted by Crippen LogP contribution is 2.33. The zero-order valence-corrected chi connectivity index (χ0v) is 17.7. The molecule has 6 nitrogen and oxygen atoms in total. The Labute approximate surface area is 189 Å². The second-order valence-corrected chi connectivity index (χ2v) is 7.89. The number of para-hydroxylation sites is 2. The van der Waals surface area contributed by atoms with Crippen molar-refractivity contribution in [2.75, 3.05) is 11.4 Å². The summed E-state index contributed by atoms with van der Waals surface area (Å²) in [5, 5.41) is 4.33. The Bertz CT molecular complexity index is 1390. The van der Waals surface area contributed by atoms with Gasteiger partial charge in [0.15, 0.2) is 0 Å². The summed E-state index contributed by atoms with van der Waals surface area (Å²) in [6.45, 7) is 1.04. The maximum atomic E-state index is 12.9. The normalized spacial score (nSPS) is 13.0. The standard InChI is InChI=1S/C25H18ClN3O3/c26-20-6-2-4-8-22(20)29-24(31)18-10-9-17(15-19(18)25(29)32)23(30)27-12-14-28-13-11-16-5-1-3-7-21(16)28/h1-11,13,15H,12,14H2,(H,27,30). The third-order valence-corrected chi connectivity index (χ3v) is 5.88. The van der Waals surface area contributed by atoms with E-state index in [1.54, 1.807) is 30.3 Å². The average Bonchev–Trinajstić information content (AvgIpc) is 3.33. The molecule has 158 valence electrons. The van der Waals surface area contributed by atoms with E-state index in [0.717, 1.165) is 15.8 Å². The molecule has 1 N–H and O–H groups in total. The second-order valence-electron chi connectivity index (χ2n) is 7.48. The van der Waals surface area contributed by atoms with Crippen molar-refractivity contribution in [1.29, 1.82) is 0 Å². The number of hydrogen-bond donors (Lipinski definition) is 1. The molecule has 0 saturated heterocycles. The lowest BCUT2D eigenvalue weighted by atomic mass is 10.1. The van der Waals surface area contributed by atoms with Gasteiger partial charge in [0.05, 0.1) is 21.8 Å². The first-order chi connectivity index (χ1) is 15.5. The van der Waals surface area contributed by atoms with E-state index in [4.69, 9.17) is 11.6 Å². The molecule has 0 bridgehead atoms. The van der Waals surface area contributed by atoms with Crippen molar-refractivity contribution in [3.8, 4) is 0 Å². The number of amides is 3. The number of aromatic nitrogens is 1. The summed E-state index contributed by atoms with van der Waals surface area (Å²) in [6, 6.07) is 21.3. The average molecular weight is 444 g/mol. The molecule has 1 aliphatic rings. The molecule has 0 atom stereocenters. The minimum absolute atomic E-state index is 0.193. The monoisotopic (exact) mass is 443 g/mol. The molecule has 1 aliphatic heterocycles. The number of anilines is 1. The van der Waals surface area contributed by atoms with E-state index in [0.29, 0.717) is 29.4 Å². The van der Waals surface area contributed by atoms with Crippen LogP contribution in [0, 0.1) is 0 Å². The van der Waals surface area contributed by atoms with Crippen molar-refractivity contribution in [2.45, 2.75) is 6.54 Å². The van der Waals surface area contributed by atoms with Gasteiger partial charge < -0.3 is 9.88 Å². The molecular formula is C25H18ClN3O3. The van der Waals surface area contributed by atoms with Crippen LogP contribution < -0.4 is 10.2 Å². The molecule has 0 spiro atoms.